The van der Waals surface area contributed by atoms with Crippen LogP contribution >= 0.6 is 0 Å². The lowest BCUT2D eigenvalue weighted by molar-refractivity contribution is -0.113. The molecule has 6 heteroatoms. The fourth-order valence-electron chi connectivity index (χ4n) is 4.09. The smallest absolute Gasteiger partial charge is 0.239 e. The molecule has 0 fully saturated rings. The Bertz CT molecular complexity index is 1160. The van der Waals surface area contributed by atoms with Crippen molar-refractivity contribution in [2.75, 3.05) is 28.3 Å². The van der Waals surface area contributed by atoms with E-state index in [-0.39, 0.29) is 5.75 Å². The fourth-order valence-corrected chi connectivity index (χ4v) is 5.29. The molecule has 0 unspecified atom stereocenters. The summed E-state index contributed by atoms with van der Waals surface area (Å²) < 4.78 is 24.6. The molecule has 3 aromatic carbocycles. The molecule has 1 heterocycles. The molecule has 4 rings (SSSR count). The van der Waals surface area contributed by atoms with Crippen LogP contribution in [0.2, 0.25) is 0 Å². The van der Waals surface area contributed by atoms with Gasteiger partial charge in [-0.25, -0.2) is 8.42 Å². The molecule has 0 atom stereocenters. The summed E-state index contributed by atoms with van der Waals surface area (Å²) >= 11 is 0. The number of benzene rings is 3. The number of carbonyl (C=O) groups excluding carboxylic acids is 1. The molecular formula is C26H28N2O3S. The molecule has 1 aliphatic rings. The lowest BCUT2D eigenvalue weighted by atomic mass is 10.1. The van der Waals surface area contributed by atoms with Gasteiger partial charge in [0.15, 0.2) is 9.84 Å². The molecule has 166 valence electrons. The summed E-state index contributed by atoms with van der Waals surface area (Å²) in [5.74, 6) is -0.981. The predicted molar refractivity (Wildman–Crippen MR) is 130 cm³/mol. The van der Waals surface area contributed by atoms with E-state index in [0.29, 0.717) is 18.5 Å². The van der Waals surface area contributed by atoms with Crippen LogP contribution in [0.1, 0.15) is 23.1 Å². The molecule has 1 N–H and O–H groups in total. The molecule has 0 bridgehead atoms. The summed E-state index contributed by atoms with van der Waals surface area (Å²) in [7, 11) is -3.44. The molecular weight excluding hydrogens is 420 g/mol. The number of hydrogen-bond acceptors (Lipinski definition) is 4. The first-order valence-electron chi connectivity index (χ1n) is 10.9. The van der Waals surface area contributed by atoms with E-state index in [1.165, 1.54) is 11.3 Å². The quantitative estimate of drug-likeness (QED) is 0.532. The summed E-state index contributed by atoms with van der Waals surface area (Å²) in [6.45, 7) is 1.81. The number of nitrogens with one attached hydrogen (secondary N) is 1. The summed E-state index contributed by atoms with van der Waals surface area (Å²) in [5.41, 5.74) is 5.52. The third-order valence-electron chi connectivity index (χ3n) is 5.71. The maximum atomic E-state index is 12.3. The summed E-state index contributed by atoms with van der Waals surface area (Å²) in [5, 5.41) is 2.71. The topological polar surface area (TPSA) is 66.5 Å². The minimum Gasteiger partial charge on any atom is -0.367 e. The predicted octanol–water partition coefficient (Wildman–Crippen LogP) is 4.24. The SMILES string of the molecule is O=C(CS(=O)(=O)CCCc1ccccc1)Nc1ccc(CN2CCc3ccccc32)cc1. The Morgan fingerprint density at radius 2 is 1.59 bits per heavy atom. The van der Waals surface area contributed by atoms with Crippen LogP contribution in [-0.2, 0) is 34.0 Å². The first-order chi connectivity index (χ1) is 15.5. The zero-order valence-electron chi connectivity index (χ0n) is 18.0. The maximum absolute atomic E-state index is 12.3. The minimum absolute atomic E-state index is 0.00552. The molecule has 0 radical (unpaired) electrons. The van der Waals surface area contributed by atoms with Gasteiger partial charge in [-0.3, -0.25) is 4.79 Å². The number of amides is 1. The van der Waals surface area contributed by atoms with Crippen LogP contribution in [0.25, 0.3) is 0 Å². The highest BCUT2D eigenvalue weighted by molar-refractivity contribution is 7.92. The molecule has 1 amide bonds. The van der Waals surface area contributed by atoms with Crippen LogP contribution < -0.4 is 10.2 Å². The number of hydrogen-bond donors (Lipinski definition) is 1. The standard InChI is InChI=1S/C26H28N2O3S/c29-26(20-32(30,31)18-6-9-21-7-2-1-3-8-21)27-24-14-12-22(13-15-24)19-28-17-16-23-10-4-5-11-25(23)28/h1-5,7-8,10-15H,6,9,16-20H2,(H,27,29). The second-order valence-corrected chi connectivity index (χ2v) is 10.4. The third-order valence-corrected chi connectivity index (χ3v) is 7.32. The largest absolute Gasteiger partial charge is 0.367 e. The van der Waals surface area contributed by atoms with Crippen LogP contribution in [0, 0.1) is 0 Å². The average molecular weight is 449 g/mol. The Hall–Kier alpha value is -3.12. The summed E-state index contributed by atoms with van der Waals surface area (Å²) in [4.78, 5) is 14.6. The van der Waals surface area contributed by atoms with Gasteiger partial charge in [-0.2, -0.15) is 0 Å². The molecule has 0 aromatic heterocycles. The highest BCUT2D eigenvalue weighted by atomic mass is 32.2. The van der Waals surface area contributed by atoms with E-state index in [1.54, 1.807) is 0 Å². The van der Waals surface area contributed by atoms with E-state index < -0.39 is 21.5 Å². The van der Waals surface area contributed by atoms with Gasteiger partial charge in [-0.1, -0.05) is 60.7 Å². The van der Waals surface area contributed by atoms with Gasteiger partial charge in [0.05, 0.1) is 5.75 Å². The average Bonchev–Trinajstić information content (AvgIpc) is 3.18. The first-order valence-corrected chi connectivity index (χ1v) is 12.8. The van der Waals surface area contributed by atoms with Gasteiger partial charge in [-0.15, -0.1) is 0 Å². The molecule has 1 aliphatic heterocycles. The number of nitrogens with zero attached hydrogens (tertiary/aromatic N) is 1. The van der Waals surface area contributed by atoms with Crippen molar-refractivity contribution in [3.8, 4) is 0 Å². The van der Waals surface area contributed by atoms with Crippen molar-refractivity contribution in [3.05, 3.63) is 95.6 Å². The molecule has 3 aromatic rings. The van der Waals surface area contributed by atoms with Gasteiger partial charge in [0.2, 0.25) is 5.91 Å². The Labute approximate surface area is 190 Å². The van der Waals surface area contributed by atoms with E-state index in [9.17, 15) is 13.2 Å². The monoisotopic (exact) mass is 448 g/mol. The number of para-hydroxylation sites is 1. The van der Waals surface area contributed by atoms with E-state index in [1.807, 2.05) is 54.6 Å². The van der Waals surface area contributed by atoms with Crippen LogP contribution in [0.5, 0.6) is 0 Å². The van der Waals surface area contributed by atoms with Crippen molar-refractivity contribution in [2.24, 2.45) is 0 Å². The first kappa shape index (κ1) is 22.1. The maximum Gasteiger partial charge on any atom is 0.239 e. The number of sulfone groups is 1. The van der Waals surface area contributed by atoms with Gasteiger partial charge in [0, 0.05) is 24.5 Å². The van der Waals surface area contributed by atoms with Gasteiger partial charge in [0.25, 0.3) is 0 Å². The normalized spacial score (nSPS) is 13.1. The number of fused-ring (bicyclic) bond motifs is 1. The Morgan fingerprint density at radius 3 is 2.38 bits per heavy atom. The molecule has 0 spiro atoms. The van der Waals surface area contributed by atoms with E-state index in [2.05, 4.69) is 34.5 Å². The molecule has 0 saturated carbocycles. The molecule has 0 aliphatic carbocycles. The van der Waals surface area contributed by atoms with Gasteiger partial charge >= 0.3 is 0 Å². The number of anilines is 2. The van der Waals surface area contributed by atoms with Gasteiger partial charge in [-0.05, 0) is 54.2 Å². The third kappa shape index (κ3) is 5.98. The number of carbonyl (C=O) groups is 1. The van der Waals surface area contributed by atoms with Crippen molar-refractivity contribution in [1.82, 2.24) is 0 Å². The lowest BCUT2D eigenvalue weighted by Gasteiger charge is -2.19. The highest BCUT2D eigenvalue weighted by Gasteiger charge is 2.19. The number of rotatable bonds is 9. The Morgan fingerprint density at radius 1 is 0.875 bits per heavy atom. The van der Waals surface area contributed by atoms with Crippen molar-refractivity contribution in [1.29, 1.82) is 0 Å². The van der Waals surface area contributed by atoms with Gasteiger partial charge in [0.1, 0.15) is 5.75 Å². The number of aryl methyl sites for hydroxylation is 1. The van der Waals surface area contributed by atoms with Crippen molar-refractivity contribution in [2.45, 2.75) is 25.8 Å². The van der Waals surface area contributed by atoms with Crippen molar-refractivity contribution in [3.63, 3.8) is 0 Å². The summed E-state index contributed by atoms with van der Waals surface area (Å²) in [6, 6.07) is 25.8. The van der Waals surface area contributed by atoms with Gasteiger partial charge < -0.3 is 10.2 Å². The van der Waals surface area contributed by atoms with E-state index in [0.717, 1.165) is 30.6 Å². The van der Waals surface area contributed by atoms with Crippen LogP contribution in [0.15, 0.2) is 78.9 Å². The fraction of sp³-hybridized carbons (Fsp3) is 0.269. The second-order valence-electron chi connectivity index (χ2n) is 8.23. The molecule has 0 saturated heterocycles. The zero-order valence-corrected chi connectivity index (χ0v) is 18.9. The molecule has 5 nitrogen and oxygen atoms in total. The van der Waals surface area contributed by atoms with Crippen molar-refractivity contribution >= 4 is 27.1 Å². The van der Waals surface area contributed by atoms with Crippen LogP contribution in [-0.4, -0.2) is 32.4 Å². The highest BCUT2D eigenvalue weighted by Crippen LogP contribution is 2.29. The second kappa shape index (κ2) is 10.0. The van der Waals surface area contributed by atoms with E-state index in [4.69, 9.17) is 0 Å². The zero-order chi connectivity index (χ0) is 22.4. The molecule has 32 heavy (non-hydrogen) atoms. The lowest BCUT2D eigenvalue weighted by Crippen LogP contribution is -2.25. The Balaban J connectivity index is 1.25. The minimum atomic E-state index is -3.44. The van der Waals surface area contributed by atoms with Crippen molar-refractivity contribution < 1.29 is 13.2 Å². The summed E-state index contributed by atoms with van der Waals surface area (Å²) in [6.07, 6.45) is 2.25. The van der Waals surface area contributed by atoms with E-state index >= 15 is 0 Å². The Kier molecular flexibility index (Phi) is 6.90. The van der Waals surface area contributed by atoms with Crippen LogP contribution in [0.4, 0.5) is 11.4 Å². The van der Waals surface area contributed by atoms with Crippen LogP contribution in [0.3, 0.4) is 0 Å².